The number of aromatic nitrogens is 1. The van der Waals surface area contributed by atoms with Crippen LogP contribution >= 0.6 is 0 Å². The Labute approximate surface area is 139 Å². The number of esters is 1. The fourth-order valence-electron chi connectivity index (χ4n) is 2.08. The van der Waals surface area contributed by atoms with Gasteiger partial charge in [-0.2, -0.15) is 0 Å². The second kappa shape index (κ2) is 8.57. The minimum Gasteiger partial charge on any atom is -0.452 e. The molecule has 1 amide bonds. The van der Waals surface area contributed by atoms with Gasteiger partial charge in [-0.05, 0) is 31.0 Å². The molecule has 2 aromatic rings. The summed E-state index contributed by atoms with van der Waals surface area (Å²) in [6.07, 6.45) is 3.27. The van der Waals surface area contributed by atoms with Crippen molar-refractivity contribution >= 4 is 17.7 Å². The molecule has 0 aliphatic rings. The quantitative estimate of drug-likeness (QED) is 0.780. The molecule has 1 heterocycles. The number of hydrogen-bond donors (Lipinski definition) is 1. The summed E-state index contributed by atoms with van der Waals surface area (Å²) in [5.74, 6) is -1.32. The van der Waals surface area contributed by atoms with E-state index in [2.05, 4.69) is 10.3 Å². The molecule has 0 radical (unpaired) electrons. The van der Waals surface area contributed by atoms with Gasteiger partial charge in [0, 0.05) is 12.4 Å². The second-order valence-corrected chi connectivity index (χ2v) is 5.24. The van der Waals surface area contributed by atoms with Crippen molar-refractivity contribution in [2.45, 2.75) is 19.4 Å². The molecular weight excluding hydrogens is 308 g/mol. The summed E-state index contributed by atoms with van der Waals surface area (Å²) in [5.41, 5.74) is 1.20. The normalized spacial score (nSPS) is 11.4. The fourth-order valence-corrected chi connectivity index (χ4v) is 2.08. The Balaban J connectivity index is 1.87. The standard InChI is InChI=1S/C18H18N2O4/c1-13(21)16(10-14-6-3-2-4-7-14)20-17(22)12-24-18(23)15-8-5-9-19-11-15/h2-9,11,16H,10,12H2,1H3,(H,20,22)/t16-/m1/s1. The van der Waals surface area contributed by atoms with Gasteiger partial charge in [0.2, 0.25) is 0 Å². The van der Waals surface area contributed by atoms with Crippen LogP contribution in [-0.2, 0) is 20.7 Å². The van der Waals surface area contributed by atoms with Gasteiger partial charge in [0.05, 0.1) is 11.6 Å². The van der Waals surface area contributed by atoms with Crippen LogP contribution in [0.4, 0.5) is 0 Å². The zero-order chi connectivity index (χ0) is 17.4. The Morgan fingerprint density at radius 2 is 1.88 bits per heavy atom. The average Bonchev–Trinajstić information content (AvgIpc) is 2.60. The molecule has 6 nitrogen and oxygen atoms in total. The maximum absolute atomic E-state index is 11.9. The van der Waals surface area contributed by atoms with Crippen molar-refractivity contribution in [3.05, 3.63) is 66.0 Å². The van der Waals surface area contributed by atoms with E-state index in [1.807, 2.05) is 30.3 Å². The molecule has 0 spiro atoms. The number of hydrogen-bond acceptors (Lipinski definition) is 5. The SMILES string of the molecule is CC(=O)[C@@H](Cc1ccccc1)NC(=O)COC(=O)c1cccnc1. The van der Waals surface area contributed by atoms with Crippen molar-refractivity contribution in [1.82, 2.24) is 10.3 Å². The molecule has 2 rings (SSSR count). The van der Waals surface area contributed by atoms with E-state index in [1.165, 1.54) is 19.3 Å². The molecule has 1 aromatic carbocycles. The highest BCUT2D eigenvalue weighted by atomic mass is 16.5. The lowest BCUT2D eigenvalue weighted by molar-refractivity contribution is -0.128. The molecule has 0 aliphatic heterocycles. The van der Waals surface area contributed by atoms with Crippen LogP contribution in [0, 0.1) is 0 Å². The van der Waals surface area contributed by atoms with Gasteiger partial charge in [0.1, 0.15) is 0 Å². The van der Waals surface area contributed by atoms with E-state index in [0.29, 0.717) is 6.42 Å². The van der Waals surface area contributed by atoms with E-state index in [0.717, 1.165) is 5.56 Å². The van der Waals surface area contributed by atoms with Crippen molar-refractivity contribution in [1.29, 1.82) is 0 Å². The van der Waals surface area contributed by atoms with Gasteiger partial charge < -0.3 is 10.1 Å². The van der Waals surface area contributed by atoms with E-state index in [1.54, 1.807) is 12.1 Å². The molecule has 0 fully saturated rings. The lowest BCUT2D eigenvalue weighted by Gasteiger charge is -2.16. The third-order valence-corrected chi connectivity index (χ3v) is 3.34. The third kappa shape index (κ3) is 5.31. The third-order valence-electron chi connectivity index (χ3n) is 3.34. The maximum Gasteiger partial charge on any atom is 0.340 e. The first kappa shape index (κ1) is 17.3. The van der Waals surface area contributed by atoms with Crippen LogP contribution in [0.3, 0.4) is 0 Å². The van der Waals surface area contributed by atoms with Gasteiger partial charge in [0.25, 0.3) is 5.91 Å². The number of ketones is 1. The minimum atomic E-state index is -0.656. The molecular formula is C18H18N2O4. The first-order valence-corrected chi connectivity index (χ1v) is 7.47. The monoisotopic (exact) mass is 326 g/mol. The summed E-state index contributed by atoms with van der Waals surface area (Å²) in [5, 5.41) is 2.59. The lowest BCUT2D eigenvalue weighted by Crippen LogP contribution is -2.43. The van der Waals surface area contributed by atoms with E-state index >= 15 is 0 Å². The molecule has 124 valence electrons. The van der Waals surface area contributed by atoms with Crippen LogP contribution in [0.1, 0.15) is 22.8 Å². The molecule has 1 N–H and O–H groups in total. The number of nitrogens with one attached hydrogen (secondary N) is 1. The molecule has 0 saturated carbocycles. The van der Waals surface area contributed by atoms with E-state index < -0.39 is 24.5 Å². The number of benzene rings is 1. The smallest absolute Gasteiger partial charge is 0.340 e. The molecule has 0 saturated heterocycles. The molecule has 6 heteroatoms. The van der Waals surface area contributed by atoms with Gasteiger partial charge in [-0.25, -0.2) is 4.79 Å². The lowest BCUT2D eigenvalue weighted by atomic mass is 10.0. The van der Waals surface area contributed by atoms with Gasteiger partial charge in [-0.1, -0.05) is 30.3 Å². The molecule has 0 bridgehead atoms. The van der Waals surface area contributed by atoms with Gasteiger partial charge in [-0.3, -0.25) is 14.6 Å². The molecule has 24 heavy (non-hydrogen) atoms. The summed E-state index contributed by atoms with van der Waals surface area (Å²) >= 11 is 0. The summed E-state index contributed by atoms with van der Waals surface area (Å²) in [7, 11) is 0. The second-order valence-electron chi connectivity index (χ2n) is 5.24. The number of carbonyl (C=O) groups is 3. The predicted octanol–water partition coefficient (Wildman–Crippen LogP) is 1.55. The number of Topliss-reactive ketones (excluding diaryl/α,β-unsaturated/α-hetero) is 1. The maximum atomic E-state index is 11.9. The van der Waals surface area contributed by atoms with Crippen molar-refractivity contribution in [3.8, 4) is 0 Å². The van der Waals surface area contributed by atoms with Crippen LogP contribution in [0.25, 0.3) is 0 Å². The van der Waals surface area contributed by atoms with Gasteiger partial charge >= 0.3 is 5.97 Å². The Bertz CT molecular complexity index is 701. The molecule has 0 aliphatic carbocycles. The van der Waals surface area contributed by atoms with Crippen molar-refractivity contribution in [2.24, 2.45) is 0 Å². The van der Waals surface area contributed by atoms with Crippen molar-refractivity contribution in [2.75, 3.05) is 6.61 Å². The Kier molecular flexibility index (Phi) is 6.19. The number of nitrogens with zero attached hydrogens (tertiary/aromatic N) is 1. The highest BCUT2D eigenvalue weighted by molar-refractivity contribution is 5.92. The zero-order valence-electron chi connectivity index (χ0n) is 13.3. The Morgan fingerprint density at radius 1 is 1.12 bits per heavy atom. The first-order valence-electron chi connectivity index (χ1n) is 7.47. The largest absolute Gasteiger partial charge is 0.452 e. The first-order chi connectivity index (χ1) is 11.6. The van der Waals surface area contributed by atoms with Crippen LogP contribution in [0.2, 0.25) is 0 Å². The molecule has 1 atom stereocenters. The number of rotatable bonds is 7. The van der Waals surface area contributed by atoms with Crippen molar-refractivity contribution < 1.29 is 19.1 Å². The summed E-state index contributed by atoms with van der Waals surface area (Å²) in [4.78, 5) is 39.2. The van der Waals surface area contributed by atoms with Crippen LogP contribution in [0.15, 0.2) is 54.9 Å². The number of ether oxygens (including phenoxy) is 1. The van der Waals surface area contributed by atoms with Gasteiger partial charge in [0.15, 0.2) is 12.4 Å². The number of pyridine rings is 1. The van der Waals surface area contributed by atoms with Crippen LogP contribution in [-0.4, -0.2) is 35.3 Å². The fraction of sp³-hybridized carbons (Fsp3) is 0.222. The average molecular weight is 326 g/mol. The highest BCUT2D eigenvalue weighted by Crippen LogP contribution is 2.04. The Hall–Kier alpha value is -3.02. The number of carbonyl (C=O) groups excluding carboxylic acids is 3. The summed E-state index contributed by atoms with van der Waals surface area (Å²) in [6.45, 7) is 0.960. The van der Waals surface area contributed by atoms with E-state index in [-0.39, 0.29) is 11.3 Å². The highest BCUT2D eigenvalue weighted by Gasteiger charge is 2.18. The van der Waals surface area contributed by atoms with Crippen LogP contribution in [0.5, 0.6) is 0 Å². The summed E-state index contributed by atoms with van der Waals surface area (Å²) < 4.78 is 4.92. The molecule has 0 unspecified atom stereocenters. The zero-order valence-corrected chi connectivity index (χ0v) is 13.3. The predicted molar refractivity (Wildman–Crippen MR) is 87.3 cm³/mol. The summed E-state index contributed by atoms with van der Waals surface area (Å²) in [6, 6.07) is 11.9. The Morgan fingerprint density at radius 3 is 2.50 bits per heavy atom. The van der Waals surface area contributed by atoms with Crippen molar-refractivity contribution in [3.63, 3.8) is 0 Å². The van der Waals surface area contributed by atoms with E-state index in [4.69, 9.17) is 4.74 Å². The topological polar surface area (TPSA) is 85.4 Å². The van der Waals surface area contributed by atoms with Gasteiger partial charge in [-0.15, -0.1) is 0 Å². The minimum absolute atomic E-state index is 0.161. The number of amides is 1. The van der Waals surface area contributed by atoms with E-state index in [9.17, 15) is 14.4 Å². The van der Waals surface area contributed by atoms with Crippen LogP contribution < -0.4 is 5.32 Å². The molecule has 1 aromatic heterocycles.